The Morgan fingerprint density at radius 1 is 1.25 bits per heavy atom. The molecule has 3 aromatic heterocycles. The Labute approximate surface area is 190 Å². The Hall–Kier alpha value is -2.72. The Balaban J connectivity index is 1.66. The van der Waals surface area contributed by atoms with Crippen molar-refractivity contribution in [3.63, 3.8) is 0 Å². The SMILES string of the molecule is C[C@@H]1CNC[C@@H](Nc2nc(-c3c[nH]c4c(P(C)(C)=O)c(C#N)ccc34)c3sccc3n2)C1. The minimum absolute atomic E-state index is 0.279. The van der Waals surface area contributed by atoms with Crippen molar-refractivity contribution < 1.29 is 4.57 Å². The number of aromatic nitrogens is 3. The van der Waals surface area contributed by atoms with Crippen molar-refractivity contribution in [3.8, 4) is 17.3 Å². The number of fused-ring (bicyclic) bond motifs is 2. The van der Waals surface area contributed by atoms with Gasteiger partial charge in [-0.05, 0) is 49.7 Å². The van der Waals surface area contributed by atoms with Gasteiger partial charge in [-0.25, -0.2) is 9.97 Å². The summed E-state index contributed by atoms with van der Waals surface area (Å²) in [6, 6.07) is 8.16. The number of anilines is 1. The molecule has 0 radical (unpaired) electrons. The van der Waals surface area contributed by atoms with Crippen LogP contribution in [-0.4, -0.2) is 47.4 Å². The quantitative estimate of drug-likeness (QED) is 0.387. The van der Waals surface area contributed by atoms with E-state index in [-0.39, 0.29) is 6.04 Å². The third-order valence-electron chi connectivity index (χ3n) is 5.95. The van der Waals surface area contributed by atoms with Crippen LogP contribution in [-0.2, 0) is 4.57 Å². The smallest absolute Gasteiger partial charge is 0.224 e. The summed E-state index contributed by atoms with van der Waals surface area (Å²) in [4.78, 5) is 13.0. The molecule has 0 unspecified atom stereocenters. The van der Waals surface area contributed by atoms with Crippen molar-refractivity contribution >= 4 is 50.9 Å². The van der Waals surface area contributed by atoms with Gasteiger partial charge in [0.25, 0.3) is 0 Å². The molecule has 0 amide bonds. The van der Waals surface area contributed by atoms with Crippen LogP contribution in [0.3, 0.4) is 0 Å². The van der Waals surface area contributed by atoms with Gasteiger partial charge < -0.3 is 20.2 Å². The maximum atomic E-state index is 13.0. The third kappa shape index (κ3) is 3.71. The van der Waals surface area contributed by atoms with Gasteiger partial charge in [0, 0.05) is 29.7 Å². The minimum Gasteiger partial charge on any atom is -0.360 e. The third-order valence-corrected chi connectivity index (χ3v) is 8.40. The number of piperidine rings is 1. The molecule has 164 valence electrons. The second-order valence-corrected chi connectivity index (χ2v) is 13.0. The number of nitriles is 1. The Bertz CT molecular complexity index is 1410. The van der Waals surface area contributed by atoms with Gasteiger partial charge >= 0.3 is 0 Å². The highest BCUT2D eigenvalue weighted by Gasteiger charge is 2.24. The first kappa shape index (κ1) is 21.1. The molecule has 3 N–H and O–H groups in total. The van der Waals surface area contributed by atoms with Crippen LogP contribution in [0.15, 0.2) is 29.8 Å². The summed E-state index contributed by atoms with van der Waals surface area (Å²) in [5, 5.41) is 20.1. The Morgan fingerprint density at radius 2 is 2.09 bits per heavy atom. The fraction of sp³-hybridized carbons (Fsp3) is 0.348. The molecule has 1 aliphatic heterocycles. The van der Waals surface area contributed by atoms with Crippen LogP contribution in [0.4, 0.5) is 5.95 Å². The van der Waals surface area contributed by atoms with E-state index in [9.17, 15) is 9.83 Å². The fourth-order valence-electron chi connectivity index (χ4n) is 4.59. The van der Waals surface area contributed by atoms with Crippen LogP contribution >= 0.6 is 18.5 Å². The number of rotatable bonds is 4. The number of H-pyrrole nitrogens is 1. The number of benzene rings is 1. The van der Waals surface area contributed by atoms with Crippen molar-refractivity contribution in [2.45, 2.75) is 19.4 Å². The number of nitrogens with one attached hydrogen (secondary N) is 3. The monoisotopic (exact) mass is 464 g/mol. The summed E-state index contributed by atoms with van der Waals surface area (Å²) in [5.74, 6) is 1.22. The molecule has 5 rings (SSSR count). The Kier molecular flexibility index (Phi) is 5.29. The predicted molar refractivity (Wildman–Crippen MR) is 133 cm³/mol. The van der Waals surface area contributed by atoms with Gasteiger partial charge in [-0.2, -0.15) is 5.26 Å². The van der Waals surface area contributed by atoms with Gasteiger partial charge in [-0.3, -0.25) is 0 Å². The first-order valence-electron chi connectivity index (χ1n) is 10.7. The van der Waals surface area contributed by atoms with E-state index in [4.69, 9.17) is 9.97 Å². The van der Waals surface area contributed by atoms with E-state index in [1.165, 1.54) is 0 Å². The molecule has 0 spiro atoms. The molecule has 32 heavy (non-hydrogen) atoms. The Morgan fingerprint density at radius 3 is 2.84 bits per heavy atom. The zero-order valence-electron chi connectivity index (χ0n) is 18.3. The topological polar surface area (TPSA) is 106 Å². The molecule has 2 atom stereocenters. The molecular weight excluding hydrogens is 439 g/mol. The van der Waals surface area contributed by atoms with E-state index in [0.29, 0.717) is 22.7 Å². The highest BCUT2D eigenvalue weighted by molar-refractivity contribution is 7.70. The molecular formula is C23H25N6OPS. The van der Waals surface area contributed by atoms with Gasteiger partial charge in [0.2, 0.25) is 5.95 Å². The van der Waals surface area contributed by atoms with Gasteiger partial charge in [-0.1, -0.05) is 13.0 Å². The first-order valence-corrected chi connectivity index (χ1v) is 14.2. The molecule has 1 fully saturated rings. The highest BCUT2D eigenvalue weighted by Crippen LogP contribution is 2.42. The van der Waals surface area contributed by atoms with Crippen molar-refractivity contribution in [1.29, 1.82) is 5.26 Å². The molecule has 0 bridgehead atoms. The van der Waals surface area contributed by atoms with Gasteiger partial charge in [0.15, 0.2) is 0 Å². The normalized spacial score (nSPS) is 19.3. The molecule has 7 nitrogen and oxygen atoms in total. The summed E-state index contributed by atoms with van der Waals surface area (Å²) < 4.78 is 14.0. The number of hydrogen-bond donors (Lipinski definition) is 3. The number of thiophene rings is 1. The average molecular weight is 465 g/mol. The zero-order valence-corrected chi connectivity index (χ0v) is 20.0. The van der Waals surface area contributed by atoms with Crippen LogP contribution in [0.2, 0.25) is 0 Å². The van der Waals surface area contributed by atoms with Crippen molar-refractivity contribution in [2.24, 2.45) is 5.92 Å². The van der Waals surface area contributed by atoms with Crippen molar-refractivity contribution in [1.82, 2.24) is 20.3 Å². The van der Waals surface area contributed by atoms with Crippen LogP contribution < -0.4 is 15.9 Å². The molecule has 4 aromatic rings. The number of hydrogen-bond acceptors (Lipinski definition) is 7. The van der Waals surface area contributed by atoms with Crippen molar-refractivity contribution in [2.75, 3.05) is 31.7 Å². The largest absolute Gasteiger partial charge is 0.360 e. The standard InChI is InChI=1S/C23H25N6OPS/c1-13-8-15(11-25-10-13)27-23-28-18-6-7-32-22(18)20(29-23)17-12-26-19-16(17)5-4-14(9-24)21(19)31(2,3)30/h4-7,12-13,15,25-26H,8,10-11H2,1-3H3,(H,27,28,29)/t13-,15-/m0/s1. The molecule has 0 aliphatic carbocycles. The van der Waals surface area contributed by atoms with Gasteiger partial charge in [0.05, 0.1) is 38.4 Å². The maximum Gasteiger partial charge on any atom is 0.224 e. The van der Waals surface area contributed by atoms with Crippen LogP contribution in [0.1, 0.15) is 18.9 Å². The lowest BCUT2D eigenvalue weighted by molar-refractivity contribution is 0.377. The van der Waals surface area contributed by atoms with Crippen molar-refractivity contribution in [3.05, 3.63) is 35.3 Å². The van der Waals surface area contributed by atoms with E-state index < -0.39 is 7.14 Å². The zero-order chi connectivity index (χ0) is 22.5. The lowest BCUT2D eigenvalue weighted by Crippen LogP contribution is -2.42. The lowest BCUT2D eigenvalue weighted by atomic mass is 9.98. The summed E-state index contributed by atoms with van der Waals surface area (Å²) in [6.07, 6.45) is 2.98. The maximum absolute atomic E-state index is 13.0. The number of nitrogens with zero attached hydrogens (tertiary/aromatic N) is 3. The lowest BCUT2D eigenvalue weighted by Gasteiger charge is -2.28. The fourth-order valence-corrected chi connectivity index (χ4v) is 6.85. The van der Waals surface area contributed by atoms with Crippen LogP contribution in [0.25, 0.3) is 32.4 Å². The first-order chi connectivity index (χ1) is 15.3. The molecule has 1 aromatic carbocycles. The van der Waals surface area contributed by atoms with E-state index in [2.05, 4.69) is 28.6 Å². The van der Waals surface area contributed by atoms with Crippen LogP contribution in [0, 0.1) is 17.2 Å². The van der Waals surface area contributed by atoms with Gasteiger partial charge in [-0.15, -0.1) is 11.3 Å². The average Bonchev–Trinajstić information content (AvgIpc) is 3.38. The summed E-state index contributed by atoms with van der Waals surface area (Å²) >= 11 is 1.61. The minimum atomic E-state index is -2.68. The summed E-state index contributed by atoms with van der Waals surface area (Å²) in [6.45, 7) is 7.57. The molecule has 1 aliphatic rings. The molecule has 9 heteroatoms. The molecule has 1 saturated heterocycles. The van der Waals surface area contributed by atoms with Gasteiger partial charge in [0.1, 0.15) is 7.14 Å². The predicted octanol–water partition coefficient (Wildman–Crippen LogP) is 4.37. The summed E-state index contributed by atoms with van der Waals surface area (Å²) in [7, 11) is -2.68. The van der Waals surface area contributed by atoms with Crippen LogP contribution in [0.5, 0.6) is 0 Å². The second kappa shape index (κ2) is 8.00. The highest BCUT2D eigenvalue weighted by atomic mass is 32.1. The molecule has 0 saturated carbocycles. The van der Waals surface area contributed by atoms with E-state index in [1.807, 2.05) is 23.7 Å². The van der Waals surface area contributed by atoms with E-state index in [1.54, 1.807) is 30.7 Å². The van der Waals surface area contributed by atoms with E-state index in [0.717, 1.165) is 51.9 Å². The van der Waals surface area contributed by atoms with E-state index >= 15 is 0 Å². The second-order valence-electron chi connectivity index (χ2n) is 8.92. The number of aromatic amines is 1. The summed E-state index contributed by atoms with van der Waals surface area (Å²) in [5.41, 5.74) is 3.86. The molecule has 4 heterocycles.